The summed E-state index contributed by atoms with van der Waals surface area (Å²) >= 11 is 1.72. The van der Waals surface area contributed by atoms with Crippen LogP contribution in [0.4, 0.5) is 0 Å². The highest BCUT2D eigenvalue weighted by Gasteiger charge is 2.07. The molecule has 0 aliphatic rings. The van der Waals surface area contributed by atoms with Crippen LogP contribution in [0.2, 0.25) is 0 Å². The van der Waals surface area contributed by atoms with E-state index >= 15 is 0 Å². The maximum Gasteiger partial charge on any atom is 0.186 e. The normalized spacial score (nSPS) is 13.0. The molecule has 0 saturated carbocycles. The van der Waals surface area contributed by atoms with Crippen LogP contribution < -0.4 is 5.32 Å². The lowest BCUT2D eigenvalue weighted by atomic mass is 10.4. The van der Waals surface area contributed by atoms with Crippen molar-refractivity contribution in [3.8, 4) is 0 Å². The van der Waals surface area contributed by atoms with Gasteiger partial charge in [0.1, 0.15) is 6.33 Å². The third-order valence-corrected chi connectivity index (χ3v) is 3.04. The fraction of sp³-hybridized carbons (Fsp3) is 0.778. The van der Waals surface area contributed by atoms with Gasteiger partial charge < -0.3 is 10.1 Å². The summed E-state index contributed by atoms with van der Waals surface area (Å²) in [7, 11) is 3.61. The summed E-state index contributed by atoms with van der Waals surface area (Å²) in [6.07, 6.45) is 1.58. The Bertz CT molecular complexity index is 279. The number of aryl methyl sites for hydroxylation is 1. The molecule has 0 bridgehead atoms. The number of rotatable bonds is 7. The summed E-state index contributed by atoms with van der Waals surface area (Å²) in [5.74, 6) is 0. The Morgan fingerprint density at radius 2 is 2.47 bits per heavy atom. The van der Waals surface area contributed by atoms with Gasteiger partial charge in [-0.2, -0.15) is 5.10 Å². The first-order valence-corrected chi connectivity index (χ1v) is 5.82. The van der Waals surface area contributed by atoms with Crippen LogP contribution in [0.3, 0.4) is 0 Å². The zero-order chi connectivity index (χ0) is 11.1. The van der Waals surface area contributed by atoms with E-state index in [0.29, 0.717) is 5.25 Å². The second-order valence-electron chi connectivity index (χ2n) is 3.29. The van der Waals surface area contributed by atoms with Gasteiger partial charge in [0.2, 0.25) is 0 Å². The Labute approximate surface area is 94.6 Å². The van der Waals surface area contributed by atoms with Crippen LogP contribution >= 0.6 is 11.8 Å². The number of nitrogens with zero attached hydrogens (tertiary/aromatic N) is 3. The van der Waals surface area contributed by atoms with Crippen molar-refractivity contribution in [3.05, 3.63) is 6.33 Å². The molecule has 0 aliphatic carbocycles. The van der Waals surface area contributed by atoms with Crippen LogP contribution in [-0.4, -0.2) is 46.8 Å². The van der Waals surface area contributed by atoms with E-state index in [-0.39, 0.29) is 0 Å². The Morgan fingerprint density at radius 3 is 3.07 bits per heavy atom. The van der Waals surface area contributed by atoms with Crippen LogP contribution in [0, 0.1) is 0 Å². The average Bonchev–Trinajstić information content (AvgIpc) is 2.59. The first-order chi connectivity index (χ1) is 7.24. The number of aromatic nitrogens is 3. The molecular formula is C9H18N4OS. The molecule has 0 saturated heterocycles. The van der Waals surface area contributed by atoms with Gasteiger partial charge in [-0.1, -0.05) is 18.7 Å². The molecule has 5 nitrogen and oxygen atoms in total. The quantitative estimate of drug-likeness (QED) is 0.547. The number of hydrogen-bond acceptors (Lipinski definition) is 5. The van der Waals surface area contributed by atoms with Gasteiger partial charge in [-0.05, 0) is 0 Å². The number of hydrogen-bond donors (Lipinski definition) is 1. The van der Waals surface area contributed by atoms with Crippen molar-refractivity contribution >= 4 is 11.8 Å². The summed E-state index contributed by atoms with van der Waals surface area (Å²) in [6.45, 7) is 4.75. The first kappa shape index (κ1) is 12.5. The van der Waals surface area contributed by atoms with Crippen molar-refractivity contribution in [2.75, 3.05) is 26.8 Å². The third kappa shape index (κ3) is 4.63. The topological polar surface area (TPSA) is 52.0 Å². The molecule has 1 aromatic heterocycles. The van der Waals surface area contributed by atoms with Gasteiger partial charge in [-0.15, -0.1) is 0 Å². The highest BCUT2D eigenvalue weighted by atomic mass is 32.2. The molecule has 1 N–H and O–H groups in total. The number of thioether (sulfide) groups is 1. The van der Waals surface area contributed by atoms with Gasteiger partial charge in [-0.25, -0.2) is 9.67 Å². The number of methoxy groups -OCH3 is 1. The number of nitrogens with one attached hydrogen (secondary N) is 1. The highest BCUT2D eigenvalue weighted by molar-refractivity contribution is 7.99. The van der Waals surface area contributed by atoms with Crippen LogP contribution in [0.5, 0.6) is 0 Å². The van der Waals surface area contributed by atoms with E-state index in [1.54, 1.807) is 29.9 Å². The second-order valence-corrected chi connectivity index (χ2v) is 4.70. The fourth-order valence-electron chi connectivity index (χ4n) is 1.09. The summed E-state index contributed by atoms with van der Waals surface area (Å²) < 4.78 is 6.74. The van der Waals surface area contributed by atoms with Gasteiger partial charge in [0.15, 0.2) is 5.16 Å². The van der Waals surface area contributed by atoms with Gasteiger partial charge in [-0.3, -0.25) is 0 Å². The fourth-order valence-corrected chi connectivity index (χ4v) is 1.96. The van der Waals surface area contributed by atoms with Crippen molar-refractivity contribution in [1.29, 1.82) is 0 Å². The van der Waals surface area contributed by atoms with E-state index in [9.17, 15) is 0 Å². The summed E-state index contributed by atoms with van der Waals surface area (Å²) in [5, 5.41) is 8.77. The Hall–Kier alpha value is -0.590. The van der Waals surface area contributed by atoms with Crippen molar-refractivity contribution in [2.45, 2.75) is 17.3 Å². The summed E-state index contributed by atoms with van der Waals surface area (Å²) in [6, 6.07) is 0. The SMILES string of the molecule is COCCNCC(C)Sc1ncnn1C. The van der Waals surface area contributed by atoms with Crippen LogP contribution in [0.15, 0.2) is 11.5 Å². The average molecular weight is 230 g/mol. The minimum Gasteiger partial charge on any atom is -0.383 e. The van der Waals surface area contributed by atoms with E-state index in [1.165, 1.54) is 0 Å². The standard InChI is InChI=1S/C9H18N4OS/c1-8(6-10-4-5-14-3)15-9-11-7-12-13(9)2/h7-8,10H,4-6H2,1-3H3. The van der Waals surface area contributed by atoms with Crippen molar-refractivity contribution in [1.82, 2.24) is 20.1 Å². The summed E-state index contributed by atoms with van der Waals surface area (Å²) in [5.41, 5.74) is 0. The molecule has 1 atom stereocenters. The molecule has 0 radical (unpaired) electrons. The van der Waals surface area contributed by atoms with Crippen molar-refractivity contribution in [3.63, 3.8) is 0 Å². The molecule has 1 aromatic rings. The molecule has 1 heterocycles. The smallest absolute Gasteiger partial charge is 0.186 e. The number of ether oxygens (including phenoxy) is 1. The highest BCUT2D eigenvalue weighted by Crippen LogP contribution is 2.18. The van der Waals surface area contributed by atoms with E-state index < -0.39 is 0 Å². The van der Waals surface area contributed by atoms with Gasteiger partial charge in [0.05, 0.1) is 6.61 Å². The van der Waals surface area contributed by atoms with Crippen LogP contribution in [-0.2, 0) is 11.8 Å². The molecule has 0 aromatic carbocycles. The van der Waals surface area contributed by atoms with Crippen LogP contribution in [0.25, 0.3) is 0 Å². The molecule has 0 aliphatic heterocycles. The molecule has 1 rings (SSSR count). The van der Waals surface area contributed by atoms with Crippen LogP contribution in [0.1, 0.15) is 6.92 Å². The van der Waals surface area contributed by atoms with E-state index in [1.807, 2.05) is 7.05 Å². The van der Waals surface area contributed by atoms with Gasteiger partial charge >= 0.3 is 0 Å². The van der Waals surface area contributed by atoms with E-state index in [4.69, 9.17) is 4.74 Å². The lowest BCUT2D eigenvalue weighted by Gasteiger charge is -2.10. The molecule has 86 valence electrons. The molecular weight excluding hydrogens is 212 g/mol. The molecule has 0 fully saturated rings. The monoisotopic (exact) mass is 230 g/mol. The zero-order valence-corrected chi connectivity index (χ0v) is 10.3. The third-order valence-electron chi connectivity index (χ3n) is 1.89. The largest absolute Gasteiger partial charge is 0.383 e. The first-order valence-electron chi connectivity index (χ1n) is 4.94. The van der Waals surface area contributed by atoms with Gasteiger partial charge in [0, 0.05) is 32.5 Å². The Morgan fingerprint density at radius 1 is 1.67 bits per heavy atom. The second kappa shape index (κ2) is 6.81. The Balaban J connectivity index is 2.18. The molecule has 6 heteroatoms. The molecule has 0 amide bonds. The van der Waals surface area contributed by atoms with Crippen molar-refractivity contribution < 1.29 is 4.74 Å². The maximum absolute atomic E-state index is 4.95. The van der Waals surface area contributed by atoms with E-state index in [2.05, 4.69) is 22.3 Å². The predicted molar refractivity (Wildman–Crippen MR) is 61.1 cm³/mol. The van der Waals surface area contributed by atoms with E-state index in [0.717, 1.165) is 24.9 Å². The Kier molecular flexibility index (Phi) is 5.67. The molecule has 1 unspecified atom stereocenters. The lowest BCUT2D eigenvalue weighted by Crippen LogP contribution is -2.26. The lowest BCUT2D eigenvalue weighted by molar-refractivity contribution is 0.199. The molecule has 15 heavy (non-hydrogen) atoms. The maximum atomic E-state index is 4.95. The van der Waals surface area contributed by atoms with Gasteiger partial charge in [0.25, 0.3) is 0 Å². The minimum absolute atomic E-state index is 0.477. The predicted octanol–water partition coefficient (Wildman–Crippen LogP) is 0.532. The minimum atomic E-state index is 0.477. The molecule has 0 spiro atoms. The summed E-state index contributed by atoms with van der Waals surface area (Å²) in [4.78, 5) is 4.16. The zero-order valence-electron chi connectivity index (χ0n) is 9.43. The van der Waals surface area contributed by atoms with Crippen molar-refractivity contribution in [2.24, 2.45) is 7.05 Å².